The van der Waals surface area contributed by atoms with E-state index in [-0.39, 0.29) is 23.9 Å². The van der Waals surface area contributed by atoms with Crippen LogP contribution in [-0.2, 0) is 12.8 Å². The van der Waals surface area contributed by atoms with Crippen molar-refractivity contribution < 1.29 is 0 Å². The monoisotopic (exact) mass is 1210 g/mol. The maximum Gasteiger partial charge on any atom is 0.0594 e. The van der Waals surface area contributed by atoms with Gasteiger partial charge in [0.25, 0.3) is 0 Å². The van der Waals surface area contributed by atoms with Crippen molar-refractivity contribution in [2.45, 2.75) is 90.1 Å². The van der Waals surface area contributed by atoms with Crippen molar-refractivity contribution >= 4 is 98.7 Å². The summed E-state index contributed by atoms with van der Waals surface area (Å²) in [5.74, 6) is 0.494. The molecular formula is C90H74N4. The second-order valence-corrected chi connectivity index (χ2v) is 27.2. The smallest absolute Gasteiger partial charge is 0.0594 e. The first-order valence-corrected chi connectivity index (χ1v) is 34.2. The van der Waals surface area contributed by atoms with Crippen molar-refractivity contribution in [1.29, 1.82) is 0 Å². The zero-order valence-electron chi connectivity index (χ0n) is 53.9. The van der Waals surface area contributed by atoms with Crippen LogP contribution in [0.25, 0.3) is 110 Å². The van der Waals surface area contributed by atoms with Crippen molar-refractivity contribution in [2.24, 2.45) is 0 Å². The standard InChI is InChI=1S/C90H74N4/c1-57(2)79-55-87(93(81-41-21-29-61-27-11-13-35-69(61)81)67-43-45-73-71-37-15-17-39-83(71)91(85(73)53-67)65-33-19-31-63(51-65)59-23-7-5-8-24-59)77-50-48-76-80(58(3)4)56-88(78-49-47-75(79)89(77)90(76)78)94(82-42-22-30-62-28-12-14-36-70(62)82)68-44-46-74-72-38-16-18-40-84(72)92(86(74)54-68)66-34-20-32-64(52-66)60-25-9-6-10-26-60/h5-20,23-28,31-40,43-58,81-82H,21-22,29-30,41-42H2,1-4H3. The zero-order valence-corrected chi connectivity index (χ0v) is 53.9. The lowest BCUT2D eigenvalue weighted by Crippen LogP contribution is -2.28. The van der Waals surface area contributed by atoms with E-state index in [2.05, 4.69) is 326 Å². The van der Waals surface area contributed by atoms with Gasteiger partial charge in [0.1, 0.15) is 0 Å². The molecule has 2 atom stereocenters. The molecule has 0 saturated heterocycles. The molecule has 0 fully saturated rings. The normalized spacial score (nSPS) is 15.0. The van der Waals surface area contributed by atoms with E-state index in [4.69, 9.17) is 0 Å². The van der Waals surface area contributed by atoms with Gasteiger partial charge in [-0.2, -0.15) is 0 Å². The third-order valence-corrected chi connectivity index (χ3v) is 21.3. The van der Waals surface area contributed by atoms with Crippen LogP contribution in [0.4, 0.5) is 22.7 Å². The van der Waals surface area contributed by atoms with Crippen molar-refractivity contribution in [2.75, 3.05) is 9.80 Å². The molecule has 454 valence electrons. The van der Waals surface area contributed by atoms with Crippen LogP contribution < -0.4 is 9.80 Å². The van der Waals surface area contributed by atoms with Crippen LogP contribution in [0.3, 0.4) is 0 Å². The van der Waals surface area contributed by atoms with E-state index in [1.54, 1.807) is 0 Å². The van der Waals surface area contributed by atoms with E-state index in [0.717, 1.165) is 49.9 Å². The second-order valence-electron chi connectivity index (χ2n) is 27.2. The first kappa shape index (κ1) is 56.1. The Bertz CT molecular complexity index is 5260. The molecule has 0 bridgehead atoms. The lowest BCUT2D eigenvalue weighted by atomic mass is 9.82. The summed E-state index contributed by atoms with van der Waals surface area (Å²) < 4.78 is 5.03. The van der Waals surface area contributed by atoms with Crippen LogP contribution in [0.5, 0.6) is 0 Å². The number of aromatic nitrogens is 2. The molecule has 0 N–H and O–H groups in total. The molecule has 2 unspecified atom stereocenters. The highest BCUT2D eigenvalue weighted by atomic mass is 15.2. The van der Waals surface area contributed by atoms with Gasteiger partial charge in [0, 0.05) is 66.4 Å². The number of hydrogen-bond donors (Lipinski definition) is 0. The highest BCUT2D eigenvalue weighted by molar-refractivity contribution is 6.29. The fourth-order valence-corrected chi connectivity index (χ4v) is 17.0. The summed E-state index contributed by atoms with van der Waals surface area (Å²) in [6, 6.07) is 107. The SMILES string of the molecule is CC(C)c1cc(N(c2ccc3c4ccccc4n(-c4cccc(-c5ccccc5)c4)c3c2)C2CCCc3ccccc32)c2ccc3c(C(C)C)cc(N(c4ccc5c6ccccc6n(-c6cccc(-c7ccccc7)c6)c5c4)C4CCCc5ccccc54)c4ccc1c2c34. The second kappa shape index (κ2) is 22.6. The number of fused-ring (bicyclic) bond motifs is 8. The average molecular weight is 1210 g/mol. The Morgan fingerprint density at radius 3 is 1.13 bits per heavy atom. The predicted molar refractivity (Wildman–Crippen MR) is 399 cm³/mol. The average Bonchev–Trinajstić information content (AvgIpc) is 0.783. The van der Waals surface area contributed by atoms with Gasteiger partial charge in [-0.05, 0) is 200 Å². The lowest BCUT2D eigenvalue weighted by molar-refractivity contribution is 0.559. The van der Waals surface area contributed by atoms with Crippen LogP contribution in [0.1, 0.15) is 111 Å². The van der Waals surface area contributed by atoms with E-state index in [9.17, 15) is 0 Å². The number of aryl methyl sites for hydroxylation is 2. The van der Waals surface area contributed by atoms with E-state index in [0.29, 0.717) is 0 Å². The first-order valence-electron chi connectivity index (χ1n) is 34.2. The summed E-state index contributed by atoms with van der Waals surface area (Å²) in [5.41, 5.74) is 25.4. The van der Waals surface area contributed by atoms with E-state index in [1.165, 1.54) is 154 Å². The largest absolute Gasteiger partial charge is 0.333 e. The molecule has 0 radical (unpaired) electrons. The third kappa shape index (κ3) is 9.01. The van der Waals surface area contributed by atoms with Gasteiger partial charge in [-0.1, -0.05) is 234 Å². The minimum Gasteiger partial charge on any atom is -0.333 e. The van der Waals surface area contributed by atoms with Crippen molar-refractivity contribution in [3.05, 3.63) is 312 Å². The Balaban J connectivity index is 0.898. The van der Waals surface area contributed by atoms with Crippen molar-refractivity contribution in [3.63, 3.8) is 0 Å². The van der Waals surface area contributed by atoms with Gasteiger partial charge >= 0.3 is 0 Å². The van der Waals surface area contributed by atoms with E-state index < -0.39 is 0 Å². The van der Waals surface area contributed by atoms with Crippen LogP contribution >= 0.6 is 0 Å². The van der Waals surface area contributed by atoms with Gasteiger partial charge in [-0.25, -0.2) is 0 Å². The fourth-order valence-electron chi connectivity index (χ4n) is 17.0. The van der Waals surface area contributed by atoms with Gasteiger partial charge in [-0.3, -0.25) is 0 Å². The first-order chi connectivity index (χ1) is 46.3. The summed E-state index contributed by atoms with van der Waals surface area (Å²) in [6.45, 7) is 9.63. The van der Waals surface area contributed by atoms with Gasteiger partial charge in [-0.15, -0.1) is 0 Å². The molecule has 94 heavy (non-hydrogen) atoms. The van der Waals surface area contributed by atoms with Gasteiger partial charge < -0.3 is 18.9 Å². The Labute approximate surface area is 550 Å². The Morgan fingerprint density at radius 2 is 0.681 bits per heavy atom. The maximum atomic E-state index is 2.79. The van der Waals surface area contributed by atoms with Crippen LogP contribution in [-0.4, -0.2) is 9.13 Å². The van der Waals surface area contributed by atoms with Crippen molar-refractivity contribution in [1.82, 2.24) is 9.13 Å². The van der Waals surface area contributed by atoms with Gasteiger partial charge in [0.05, 0.1) is 34.2 Å². The molecule has 0 amide bonds. The summed E-state index contributed by atoms with van der Waals surface area (Å²) >= 11 is 0. The molecule has 14 aromatic carbocycles. The summed E-state index contributed by atoms with van der Waals surface area (Å²) in [6.07, 6.45) is 6.48. The molecule has 0 saturated carbocycles. The van der Waals surface area contributed by atoms with Gasteiger partial charge in [0.15, 0.2) is 0 Å². The Kier molecular flexibility index (Phi) is 13.5. The third-order valence-electron chi connectivity index (χ3n) is 21.3. The quantitative estimate of drug-likeness (QED) is 0.113. The van der Waals surface area contributed by atoms with Gasteiger partial charge in [0.2, 0.25) is 0 Å². The highest BCUT2D eigenvalue weighted by Gasteiger charge is 2.34. The molecule has 0 aliphatic heterocycles. The number of anilines is 4. The topological polar surface area (TPSA) is 16.3 Å². The molecule has 2 aliphatic carbocycles. The Morgan fingerprint density at radius 1 is 0.309 bits per heavy atom. The number of hydrogen-bond acceptors (Lipinski definition) is 2. The zero-order chi connectivity index (χ0) is 62.7. The minimum atomic E-state index is 0.0927. The summed E-state index contributed by atoms with van der Waals surface area (Å²) in [7, 11) is 0. The van der Waals surface area contributed by atoms with E-state index in [1.807, 2.05) is 0 Å². The number of benzene rings is 14. The lowest BCUT2D eigenvalue weighted by Gasteiger charge is -2.40. The molecule has 2 heterocycles. The number of para-hydroxylation sites is 2. The number of rotatable bonds is 12. The fraction of sp³-hybridized carbons (Fsp3) is 0.156. The summed E-state index contributed by atoms with van der Waals surface area (Å²) in [5, 5.41) is 13.0. The summed E-state index contributed by atoms with van der Waals surface area (Å²) in [4.78, 5) is 5.58. The molecule has 18 rings (SSSR count). The highest BCUT2D eigenvalue weighted by Crippen LogP contribution is 2.54. The number of nitrogens with zero attached hydrogens (tertiary/aromatic N) is 4. The van der Waals surface area contributed by atoms with Crippen LogP contribution in [0.2, 0.25) is 0 Å². The van der Waals surface area contributed by atoms with Crippen LogP contribution in [0.15, 0.2) is 279 Å². The molecule has 2 aliphatic rings. The molecule has 4 heteroatoms. The maximum absolute atomic E-state index is 2.79. The van der Waals surface area contributed by atoms with Crippen molar-refractivity contribution in [3.8, 4) is 33.6 Å². The Hall–Kier alpha value is -10.7. The molecular weight excluding hydrogens is 1140 g/mol. The minimum absolute atomic E-state index is 0.0927. The molecule has 16 aromatic rings. The molecule has 0 spiro atoms. The molecule has 2 aromatic heterocycles. The van der Waals surface area contributed by atoms with Crippen LogP contribution in [0, 0.1) is 0 Å². The van der Waals surface area contributed by atoms with E-state index >= 15 is 0 Å². The predicted octanol–water partition coefficient (Wildman–Crippen LogP) is 24.8. The molecule has 4 nitrogen and oxygen atoms in total.